The van der Waals surface area contributed by atoms with E-state index in [4.69, 9.17) is 35.3 Å². The van der Waals surface area contributed by atoms with Gasteiger partial charge in [0.05, 0.1) is 26.4 Å². The zero-order chi connectivity index (χ0) is 25.9. The van der Waals surface area contributed by atoms with Crippen molar-refractivity contribution in [1.29, 1.82) is 0 Å². The molecule has 0 radical (unpaired) electrons. The molecule has 3 aromatic carbocycles. The third-order valence-corrected chi connectivity index (χ3v) is 6.14. The zero-order valence-corrected chi connectivity index (χ0v) is 21.0. The Kier molecular flexibility index (Phi) is 10.5. The summed E-state index contributed by atoms with van der Waals surface area (Å²) in [4.78, 5) is 12.0. The number of carbonyl (C=O) groups excluding carboxylic acids is 1. The average molecular weight is 529 g/mol. The van der Waals surface area contributed by atoms with Gasteiger partial charge in [-0.3, -0.25) is 4.79 Å². The van der Waals surface area contributed by atoms with Crippen molar-refractivity contribution >= 4 is 17.6 Å². The Morgan fingerprint density at radius 1 is 0.730 bits per heavy atom. The molecule has 4 rings (SSSR count). The Balaban J connectivity index is 1.54. The minimum absolute atomic E-state index is 0.0517. The van der Waals surface area contributed by atoms with Crippen molar-refractivity contribution in [3.8, 4) is 0 Å². The Bertz CT molecular complexity index is 1070. The van der Waals surface area contributed by atoms with E-state index in [1.54, 1.807) is 0 Å². The number of alkyl halides is 2. The van der Waals surface area contributed by atoms with Gasteiger partial charge < -0.3 is 23.7 Å². The first-order valence-corrected chi connectivity index (χ1v) is 12.6. The molecule has 0 aliphatic carbocycles. The van der Waals surface area contributed by atoms with E-state index in [2.05, 4.69) is 0 Å². The van der Waals surface area contributed by atoms with Crippen LogP contribution in [0.2, 0.25) is 0 Å². The van der Waals surface area contributed by atoms with Gasteiger partial charge in [0.25, 0.3) is 0 Å². The maximum Gasteiger partial charge on any atom is 0.321 e. The molecular formula is C29H30ClFO6. The van der Waals surface area contributed by atoms with E-state index in [-0.39, 0.29) is 19.8 Å². The van der Waals surface area contributed by atoms with E-state index in [0.717, 1.165) is 16.7 Å². The minimum atomic E-state index is -1.95. The van der Waals surface area contributed by atoms with Crippen LogP contribution in [0, 0.1) is 0 Å². The third kappa shape index (κ3) is 8.09. The van der Waals surface area contributed by atoms with Gasteiger partial charge in [-0.25, -0.2) is 4.39 Å². The molecule has 196 valence electrons. The highest BCUT2D eigenvalue weighted by atomic mass is 35.5. The number of hydrogen-bond donors (Lipinski definition) is 0. The van der Waals surface area contributed by atoms with Crippen molar-refractivity contribution in [2.75, 3.05) is 12.5 Å². The minimum Gasteiger partial charge on any atom is -0.453 e. The zero-order valence-electron chi connectivity index (χ0n) is 20.3. The monoisotopic (exact) mass is 528 g/mol. The van der Waals surface area contributed by atoms with Crippen LogP contribution in [0.5, 0.6) is 0 Å². The van der Waals surface area contributed by atoms with Crippen LogP contribution >= 0.6 is 11.6 Å². The van der Waals surface area contributed by atoms with Crippen molar-refractivity contribution in [2.24, 2.45) is 0 Å². The van der Waals surface area contributed by atoms with Crippen molar-refractivity contribution in [3.63, 3.8) is 0 Å². The normalized spacial score (nSPS) is 23.5. The number of ether oxygens (including phenoxy) is 5. The van der Waals surface area contributed by atoms with Crippen molar-refractivity contribution in [3.05, 3.63) is 108 Å². The number of carbonyl (C=O) groups is 1. The van der Waals surface area contributed by atoms with Crippen molar-refractivity contribution < 1.29 is 32.9 Å². The quantitative estimate of drug-likeness (QED) is 0.237. The van der Waals surface area contributed by atoms with Gasteiger partial charge >= 0.3 is 5.97 Å². The highest BCUT2D eigenvalue weighted by Gasteiger charge is 2.50. The first-order chi connectivity index (χ1) is 18.1. The Morgan fingerprint density at radius 2 is 1.22 bits per heavy atom. The fraction of sp³-hybridized carbons (Fsp3) is 0.345. The molecular weight excluding hydrogens is 499 g/mol. The first kappa shape index (κ1) is 27.2. The molecule has 0 bridgehead atoms. The second-order valence-electron chi connectivity index (χ2n) is 8.64. The molecule has 1 saturated heterocycles. The second-order valence-corrected chi connectivity index (χ2v) is 8.90. The van der Waals surface area contributed by atoms with Gasteiger partial charge in [0.1, 0.15) is 24.2 Å². The number of benzene rings is 3. The van der Waals surface area contributed by atoms with Crippen molar-refractivity contribution in [2.45, 2.75) is 50.6 Å². The van der Waals surface area contributed by atoms with Crippen LogP contribution in [-0.4, -0.2) is 49.2 Å². The summed E-state index contributed by atoms with van der Waals surface area (Å²) in [6, 6.07) is 28.7. The second kappa shape index (κ2) is 14.2. The molecule has 37 heavy (non-hydrogen) atoms. The highest BCUT2D eigenvalue weighted by molar-refractivity contribution is 6.26. The number of halogens is 2. The van der Waals surface area contributed by atoms with Crippen LogP contribution in [0.4, 0.5) is 4.39 Å². The summed E-state index contributed by atoms with van der Waals surface area (Å²) in [6.07, 6.45) is -5.88. The maximum atomic E-state index is 15.3. The van der Waals surface area contributed by atoms with Crippen molar-refractivity contribution in [1.82, 2.24) is 0 Å². The first-order valence-electron chi connectivity index (χ1n) is 12.1. The predicted molar refractivity (Wildman–Crippen MR) is 137 cm³/mol. The van der Waals surface area contributed by atoms with Crippen LogP contribution < -0.4 is 0 Å². The molecule has 1 aliphatic heterocycles. The van der Waals surface area contributed by atoms with Gasteiger partial charge in [0, 0.05) is 0 Å². The smallest absolute Gasteiger partial charge is 0.321 e. The Morgan fingerprint density at radius 3 is 1.73 bits per heavy atom. The van der Waals surface area contributed by atoms with Crippen LogP contribution in [0.3, 0.4) is 0 Å². The van der Waals surface area contributed by atoms with Gasteiger partial charge in [-0.2, -0.15) is 0 Å². The van der Waals surface area contributed by atoms with E-state index < -0.39 is 42.6 Å². The lowest BCUT2D eigenvalue weighted by atomic mass is 9.98. The van der Waals surface area contributed by atoms with E-state index >= 15 is 4.39 Å². The maximum absolute atomic E-state index is 15.3. The average Bonchev–Trinajstić information content (AvgIpc) is 2.94. The lowest BCUT2D eigenvalue weighted by Gasteiger charge is -2.43. The van der Waals surface area contributed by atoms with Gasteiger partial charge in [-0.05, 0) is 16.7 Å². The van der Waals surface area contributed by atoms with Crippen LogP contribution in [0.15, 0.2) is 91.0 Å². The molecule has 3 aromatic rings. The molecule has 1 fully saturated rings. The Hall–Kier alpha value is -2.81. The van der Waals surface area contributed by atoms with E-state index in [1.165, 1.54) is 0 Å². The summed E-state index contributed by atoms with van der Waals surface area (Å²) in [6.45, 7) is 0.762. The molecule has 6 nitrogen and oxygen atoms in total. The number of esters is 1. The predicted octanol–water partition coefficient (Wildman–Crippen LogP) is 5.22. The fourth-order valence-corrected chi connectivity index (χ4v) is 4.16. The Labute approximate surface area is 221 Å². The summed E-state index contributed by atoms with van der Waals surface area (Å²) >= 11 is 5.64. The summed E-state index contributed by atoms with van der Waals surface area (Å²) in [5.41, 5.74) is 2.78. The van der Waals surface area contributed by atoms with E-state index in [1.807, 2.05) is 91.0 Å². The SMILES string of the molecule is O=C(CCl)O[C@@H]1[C@@H](OCc2ccccc2)[C@@H](OCc2ccccc2)[C@@H](COCc2ccccc2)O[C@@H]1F. The van der Waals surface area contributed by atoms with E-state index in [9.17, 15) is 4.79 Å². The third-order valence-electron chi connectivity index (χ3n) is 5.92. The topological polar surface area (TPSA) is 63.2 Å². The van der Waals surface area contributed by atoms with Gasteiger partial charge in [-0.15, -0.1) is 11.6 Å². The largest absolute Gasteiger partial charge is 0.453 e. The van der Waals surface area contributed by atoms with Gasteiger partial charge in [-0.1, -0.05) is 91.0 Å². The molecule has 0 N–H and O–H groups in total. The van der Waals surface area contributed by atoms with Gasteiger partial charge in [0.15, 0.2) is 6.10 Å². The highest BCUT2D eigenvalue weighted by Crippen LogP contribution is 2.31. The fourth-order valence-electron chi connectivity index (χ4n) is 4.10. The lowest BCUT2D eigenvalue weighted by molar-refractivity contribution is -0.291. The molecule has 1 heterocycles. The van der Waals surface area contributed by atoms with Crippen LogP contribution in [0.25, 0.3) is 0 Å². The lowest BCUT2D eigenvalue weighted by Crippen LogP contribution is -2.60. The molecule has 5 atom stereocenters. The van der Waals surface area contributed by atoms with E-state index in [0.29, 0.717) is 6.61 Å². The summed E-state index contributed by atoms with van der Waals surface area (Å²) in [5.74, 6) is -1.19. The molecule has 0 aromatic heterocycles. The summed E-state index contributed by atoms with van der Waals surface area (Å²) in [5, 5.41) is 0. The number of hydrogen-bond acceptors (Lipinski definition) is 6. The molecule has 0 amide bonds. The summed E-state index contributed by atoms with van der Waals surface area (Å²) in [7, 11) is 0. The van der Waals surface area contributed by atoms with Gasteiger partial charge in [0.2, 0.25) is 6.36 Å². The molecule has 8 heteroatoms. The molecule has 0 saturated carbocycles. The molecule has 0 spiro atoms. The molecule has 0 unspecified atom stereocenters. The number of rotatable bonds is 12. The summed E-state index contributed by atoms with van der Waals surface area (Å²) < 4.78 is 44.6. The van der Waals surface area contributed by atoms with Crippen LogP contribution in [0.1, 0.15) is 16.7 Å². The molecule has 1 aliphatic rings. The standard InChI is InChI=1S/C29H30ClFO6/c30-16-25(32)37-28-27(35-19-23-14-8-3-9-15-23)26(34-18-22-12-6-2-7-13-22)24(36-29(28)31)20-33-17-21-10-4-1-5-11-21/h1-15,24,26-29H,16-20H2/t24-,26+,27+,28-,29+/m1/s1. The van der Waals surface area contributed by atoms with Crippen LogP contribution in [-0.2, 0) is 48.3 Å².